The van der Waals surface area contributed by atoms with E-state index in [-0.39, 0.29) is 22.7 Å². The molecule has 0 aliphatic rings. The van der Waals surface area contributed by atoms with Crippen LogP contribution in [0.5, 0.6) is 11.5 Å². The zero-order chi connectivity index (χ0) is 17.4. The first-order valence-corrected chi connectivity index (χ1v) is 7.45. The summed E-state index contributed by atoms with van der Waals surface area (Å²) in [5, 5.41) is 10.3. The highest BCUT2D eigenvalue weighted by atomic mass is 35.5. The van der Waals surface area contributed by atoms with Crippen LogP contribution in [0.15, 0.2) is 35.1 Å². The van der Waals surface area contributed by atoms with E-state index in [0.717, 1.165) is 0 Å². The average Bonchev–Trinajstić information content (AvgIpc) is 2.57. The predicted octanol–water partition coefficient (Wildman–Crippen LogP) is 2.91. The Balaban J connectivity index is 2.67. The maximum atomic E-state index is 12.9. The molecule has 124 valence electrons. The van der Waals surface area contributed by atoms with E-state index < -0.39 is 5.97 Å². The van der Waals surface area contributed by atoms with E-state index in [1.807, 2.05) is 0 Å². The van der Waals surface area contributed by atoms with Gasteiger partial charge in [-0.05, 0) is 24.3 Å². The van der Waals surface area contributed by atoms with Crippen molar-refractivity contribution in [3.05, 3.63) is 45.6 Å². The number of carbonyl (C=O) groups is 1. The molecule has 0 radical (unpaired) electrons. The van der Waals surface area contributed by atoms with Crippen molar-refractivity contribution in [2.75, 3.05) is 14.2 Å². The number of carboxylic acid groups (broad SMARTS) is 1. The number of hydrogen-bond acceptors (Lipinski definition) is 4. The van der Waals surface area contributed by atoms with Gasteiger partial charge in [0.25, 0.3) is 0 Å². The van der Waals surface area contributed by atoms with Crippen LogP contribution in [0.25, 0.3) is 21.8 Å². The molecule has 0 saturated carbocycles. The highest BCUT2D eigenvalue weighted by molar-refractivity contribution is 6.33. The van der Waals surface area contributed by atoms with Crippen LogP contribution in [0.4, 0.5) is 0 Å². The first kappa shape index (κ1) is 16.1. The lowest BCUT2D eigenvalue weighted by Crippen LogP contribution is -2.17. The van der Waals surface area contributed by atoms with Crippen LogP contribution in [0, 0.1) is 0 Å². The van der Waals surface area contributed by atoms with Crippen molar-refractivity contribution in [3.63, 3.8) is 0 Å². The van der Waals surface area contributed by atoms with Gasteiger partial charge in [-0.25, -0.2) is 0 Å². The summed E-state index contributed by atoms with van der Waals surface area (Å²) < 4.78 is 12.1. The number of methoxy groups -OCH3 is 2. The summed E-state index contributed by atoms with van der Waals surface area (Å²) in [6.07, 6.45) is 0. The molecule has 3 rings (SSSR count). The van der Waals surface area contributed by atoms with E-state index in [0.29, 0.717) is 27.6 Å². The van der Waals surface area contributed by atoms with Crippen LogP contribution >= 0.6 is 11.6 Å². The molecule has 7 heteroatoms. The third-order valence-corrected chi connectivity index (χ3v) is 4.13. The van der Waals surface area contributed by atoms with Gasteiger partial charge in [-0.15, -0.1) is 0 Å². The molecule has 0 fully saturated rings. The van der Waals surface area contributed by atoms with Gasteiger partial charge in [0.2, 0.25) is 0 Å². The van der Waals surface area contributed by atoms with Crippen molar-refractivity contribution in [2.24, 2.45) is 0 Å². The Morgan fingerprint density at radius 1 is 1.12 bits per heavy atom. The van der Waals surface area contributed by atoms with Crippen LogP contribution in [0.3, 0.4) is 0 Å². The zero-order valence-electron chi connectivity index (χ0n) is 13.0. The Bertz CT molecular complexity index is 1030. The fourth-order valence-corrected chi connectivity index (χ4v) is 3.12. The molecule has 1 aromatic heterocycles. The second kappa shape index (κ2) is 6.05. The number of rotatable bonds is 4. The number of fused-ring (bicyclic) bond motifs is 2. The highest BCUT2D eigenvalue weighted by Crippen LogP contribution is 2.36. The number of pyridine rings is 1. The fraction of sp³-hybridized carbons (Fsp3) is 0.176. The molecular weight excluding hydrogens is 334 g/mol. The van der Waals surface area contributed by atoms with Crippen molar-refractivity contribution >= 4 is 39.4 Å². The van der Waals surface area contributed by atoms with Gasteiger partial charge in [0, 0.05) is 0 Å². The summed E-state index contributed by atoms with van der Waals surface area (Å²) >= 11 is 6.17. The van der Waals surface area contributed by atoms with Gasteiger partial charge in [-0.1, -0.05) is 17.7 Å². The van der Waals surface area contributed by atoms with Crippen LogP contribution < -0.4 is 14.9 Å². The molecule has 0 spiro atoms. The summed E-state index contributed by atoms with van der Waals surface area (Å²) in [4.78, 5) is 24.3. The Morgan fingerprint density at radius 3 is 2.46 bits per heavy atom. The summed E-state index contributed by atoms with van der Waals surface area (Å²) in [5.74, 6) is -0.413. The van der Waals surface area contributed by atoms with E-state index in [1.54, 1.807) is 30.3 Å². The predicted molar refractivity (Wildman–Crippen MR) is 91.5 cm³/mol. The molecule has 24 heavy (non-hydrogen) atoms. The van der Waals surface area contributed by atoms with E-state index >= 15 is 0 Å². The molecule has 0 atom stereocenters. The van der Waals surface area contributed by atoms with Gasteiger partial charge >= 0.3 is 5.97 Å². The first-order chi connectivity index (χ1) is 11.5. The van der Waals surface area contributed by atoms with Gasteiger partial charge in [-0.2, -0.15) is 0 Å². The second-order valence-electron chi connectivity index (χ2n) is 5.14. The molecule has 1 heterocycles. The Labute approximate surface area is 141 Å². The van der Waals surface area contributed by atoms with Gasteiger partial charge in [0.1, 0.15) is 12.3 Å². The van der Waals surface area contributed by atoms with Gasteiger partial charge in [0.05, 0.1) is 41.0 Å². The molecule has 0 amide bonds. The Morgan fingerprint density at radius 2 is 1.83 bits per heavy atom. The zero-order valence-corrected chi connectivity index (χ0v) is 13.8. The SMILES string of the molecule is COc1cccc2c(=O)c3ccc(Cl)c(OC)c3n(CC(=O)O)c12. The minimum atomic E-state index is -1.06. The molecule has 0 aliphatic heterocycles. The molecule has 0 bridgehead atoms. The molecule has 0 aliphatic carbocycles. The maximum absolute atomic E-state index is 12.9. The lowest BCUT2D eigenvalue weighted by Gasteiger charge is -2.18. The number of hydrogen-bond donors (Lipinski definition) is 1. The molecule has 6 nitrogen and oxygen atoms in total. The number of benzene rings is 2. The number of nitrogens with zero attached hydrogens (tertiary/aromatic N) is 1. The van der Waals surface area contributed by atoms with Gasteiger partial charge < -0.3 is 19.1 Å². The molecule has 0 saturated heterocycles. The Kier molecular flexibility index (Phi) is 4.07. The lowest BCUT2D eigenvalue weighted by atomic mass is 10.1. The van der Waals surface area contributed by atoms with Crippen molar-refractivity contribution in [3.8, 4) is 11.5 Å². The Hall–Kier alpha value is -2.73. The number of aliphatic carboxylic acids is 1. The number of para-hydroxylation sites is 1. The smallest absolute Gasteiger partial charge is 0.323 e. The standard InChI is InChI=1S/C17H14ClNO5/c1-23-12-5-3-4-9-14(12)19(8-13(20)21)15-10(16(9)22)6-7-11(18)17(15)24-2/h3-7H,8H2,1-2H3,(H,20,21). The van der Waals surface area contributed by atoms with E-state index in [4.69, 9.17) is 21.1 Å². The number of carboxylic acids is 1. The molecule has 1 N–H and O–H groups in total. The van der Waals surface area contributed by atoms with Crippen LogP contribution in [0.1, 0.15) is 0 Å². The van der Waals surface area contributed by atoms with E-state index in [1.165, 1.54) is 18.8 Å². The minimum absolute atomic E-state index is 0.240. The van der Waals surface area contributed by atoms with Crippen molar-refractivity contribution < 1.29 is 19.4 Å². The number of aromatic nitrogens is 1. The van der Waals surface area contributed by atoms with E-state index in [9.17, 15) is 14.7 Å². The monoisotopic (exact) mass is 347 g/mol. The number of ether oxygens (including phenoxy) is 2. The first-order valence-electron chi connectivity index (χ1n) is 7.07. The summed E-state index contributed by atoms with van der Waals surface area (Å²) in [5.41, 5.74) is 0.477. The summed E-state index contributed by atoms with van der Waals surface area (Å²) in [6.45, 7) is -0.371. The minimum Gasteiger partial charge on any atom is -0.495 e. The number of halogens is 1. The second-order valence-corrected chi connectivity index (χ2v) is 5.55. The fourth-order valence-electron chi connectivity index (χ4n) is 2.89. The van der Waals surface area contributed by atoms with Crippen molar-refractivity contribution in [2.45, 2.75) is 6.54 Å². The highest BCUT2D eigenvalue weighted by Gasteiger charge is 2.20. The quantitative estimate of drug-likeness (QED) is 0.734. The average molecular weight is 348 g/mol. The summed E-state index contributed by atoms with van der Waals surface area (Å²) in [6, 6.07) is 8.12. The molecule has 0 unspecified atom stereocenters. The molecular formula is C17H14ClNO5. The van der Waals surface area contributed by atoms with E-state index in [2.05, 4.69) is 0 Å². The maximum Gasteiger partial charge on any atom is 0.323 e. The largest absolute Gasteiger partial charge is 0.495 e. The molecule has 2 aromatic carbocycles. The van der Waals surface area contributed by atoms with Crippen LogP contribution in [-0.2, 0) is 11.3 Å². The topological polar surface area (TPSA) is 77.8 Å². The van der Waals surface area contributed by atoms with Crippen LogP contribution in [0.2, 0.25) is 5.02 Å². The van der Waals surface area contributed by atoms with Gasteiger partial charge in [-0.3, -0.25) is 9.59 Å². The third kappa shape index (κ3) is 2.35. The lowest BCUT2D eigenvalue weighted by molar-refractivity contribution is -0.137. The van der Waals surface area contributed by atoms with Gasteiger partial charge in [0.15, 0.2) is 11.2 Å². The summed E-state index contributed by atoms with van der Waals surface area (Å²) in [7, 11) is 2.88. The normalized spacial score (nSPS) is 11.0. The van der Waals surface area contributed by atoms with Crippen LogP contribution in [-0.4, -0.2) is 29.9 Å². The van der Waals surface area contributed by atoms with Crippen molar-refractivity contribution in [1.29, 1.82) is 0 Å². The molecule has 3 aromatic rings. The van der Waals surface area contributed by atoms with Crippen molar-refractivity contribution in [1.82, 2.24) is 4.57 Å². The third-order valence-electron chi connectivity index (χ3n) is 3.83.